The molecule has 4 nitrogen and oxygen atoms in total. The smallest absolute Gasteiger partial charge is 0.234 e. The second kappa shape index (κ2) is 8.65. The maximum atomic E-state index is 12.5. The van der Waals surface area contributed by atoms with Crippen LogP contribution >= 0.6 is 11.8 Å². The van der Waals surface area contributed by atoms with Gasteiger partial charge in [-0.1, -0.05) is 41.5 Å². The summed E-state index contributed by atoms with van der Waals surface area (Å²) in [5.41, 5.74) is 8.58. The lowest BCUT2D eigenvalue weighted by Gasteiger charge is -2.09. The molecule has 5 heteroatoms. The maximum Gasteiger partial charge on any atom is 0.234 e. The lowest BCUT2D eigenvalue weighted by atomic mass is 10.1. The highest BCUT2D eigenvalue weighted by molar-refractivity contribution is 7.99. The first-order valence-electron chi connectivity index (χ1n) is 9.42. The summed E-state index contributed by atoms with van der Waals surface area (Å²) in [7, 11) is 0. The number of nitrogens with one attached hydrogen (secondary N) is 1. The zero-order valence-corrected chi connectivity index (χ0v) is 18.0. The zero-order chi connectivity index (χ0) is 20.3. The van der Waals surface area contributed by atoms with E-state index in [1.165, 1.54) is 22.3 Å². The van der Waals surface area contributed by atoms with Crippen LogP contribution in [0.2, 0.25) is 0 Å². The fourth-order valence-electron chi connectivity index (χ4n) is 3.15. The fourth-order valence-corrected chi connectivity index (χ4v) is 4.04. The van der Waals surface area contributed by atoms with Crippen molar-refractivity contribution in [2.75, 3.05) is 11.1 Å². The van der Waals surface area contributed by atoms with E-state index < -0.39 is 0 Å². The number of carbonyl (C=O) groups is 1. The van der Waals surface area contributed by atoms with Crippen LogP contribution < -0.4 is 5.32 Å². The SMILES string of the molecule is Cc1ccc(-n2nc(C)c(NC(=O)CSCc3cc(C)ccc3C)c2C)cc1. The Bertz CT molecular complexity index is 990. The molecule has 0 aliphatic rings. The van der Waals surface area contributed by atoms with E-state index in [4.69, 9.17) is 0 Å². The first kappa shape index (κ1) is 20.2. The topological polar surface area (TPSA) is 46.9 Å². The summed E-state index contributed by atoms with van der Waals surface area (Å²) in [6.45, 7) is 10.2. The molecule has 0 atom stereocenters. The second-order valence-corrected chi connectivity index (χ2v) is 8.25. The van der Waals surface area contributed by atoms with Crippen molar-refractivity contribution < 1.29 is 4.79 Å². The highest BCUT2D eigenvalue weighted by Crippen LogP contribution is 2.24. The third kappa shape index (κ3) is 4.65. The molecule has 146 valence electrons. The van der Waals surface area contributed by atoms with Crippen LogP contribution in [-0.4, -0.2) is 21.4 Å². The number of amides is 1. The van der Waals surface area contributed by atoms with E-state index in [-0.39, 0.29) is 5.91 Å². The molecule has 3 rings (SSSR count). The van der Waals surface area contributed by atoms with E-state index in [0.29, 0.717) is 5.75 Å². The Morgan fingerprint density at radius 2 is 1.68 bits per heavy atom. The summed E-state index contributed by atoms with van der Waals surface area (Å²) in [5, 5.41) is 7.66. The maximum absolute atomic E-state index is 12.5. The van der Waals surface area contributed by atoms with Crippen molar-refractivity contribution in [3.63, 3.8) is 0 Å². The van der Waals surface area contributed by atoms with Gasteiger partial charge in [0.05, 0.1) is 28.5 Å². The molecule has 3 aromatic rings. The van der Waals surface area contributed by atoms with Crippen molar-refractivity contribution in [3.8, 4) is 5.69 Å². The van der Waals surface area contributed by atoms with Gasteiger partial charge in [0.15, 0.2) is 0 Å². The first-order chi connectivity index (χ1) is 13.3. The van der Waals surface area contributed by atoms with Crippen molar-refractivity contribution in [2.24, 2.45) is 0 Å². The molecule has 1 heterocycles. The third-order valence-corrected chi connectivity index (χ3v) is 5.81. The molecule has 0 aliphatic heterocycles. The second-order valence-electron chi connectivity index (χ2n) is 7.26. The fraction of sp³-hybridized carbons (Fsp3) is 0.304. The number of aromatic nitrogens is 2. The van der Waals surface area contributed by atoms with E-state index in [1.807, 2.05) is 30.7 Å². The van der Waals surface area contributed by atoms with Crippen LogP contribution in [0.3, 0.4) is 0 Å². The van der Waals surface area contributed by atoms with Crippen molar-refractivity contribution >= 4 is 23.4 Å². The molecule has 0 unspecified atom stereocenters. The Kier molecular flexibility index (Phi) is 6.25. The summed E-state index contributed by atoms with van der Waals surface area (Å²) >= 11 is 1.63. The Balaban J connectivity index is 1.64. The molecule has 0 saturated carbocycles. The number of rotatable bonds is 6. The molecule has 2 aromatic carbocycles. The Hall–Kier alpha value is -2.53. The lowest BCUT2D eigenvalue weighted by Crippen LogP contribution is -2.15. The van der Waals surface area contributed by atoms with Gasteiger partial charge in [-0.2, -0.15) is 5.10 Å². The van der Waals surface area contributed by atoms with E-state index in [2.05, 4.69) is 61.5 Å². The molecule has 1 amide bonds. The number of hydrogen-bond donors (Lipinski definition) is 1. The standard InChI is InChI=1S/C23H27N3OS/c1-15-7-10-21(11-8-15)26-19(5)23(18(4)25-26)24-22(27)14-28-13-20-12-16(2)6-9-17(20)3/h6-12H,13-14H2,1-5H3,(H,24,27). The van der Waals surface area contributed by atoms with Crippen molar-refractivity contribution in [3.05, 3.63) is 76.1 Å². The van der Waals surface area contributed by atoms with Gasteiger partial charge < -0.3 is 5.32 Å². The van der Waals surface area contributed by atoms with Crippen LogP contribution in [0, 0.1) is 34.6 Å². The van der Waals surface area contributed by atoms with E-state index in [1.54, 1.807) is 11.8 Å². The van der Waals surface area contributed by atoms with E-state index >= 15 is 0 Å². The number of hydrogen-bond acceptors (Lipinski definition) is 3. The molecule has 0 saturated heterocycles. The monoisotopic (exact) mass is 393 g/mol. The summed E-state index contributed by atoms with van der Waals surface area (Å²) in [6.07, 6.45) is 0. The van der Waals surface area contributed by atoms with Crippen LogP contribution in [0.5, 0.6) is 0 Å². The largest absolute Gasteiger partial charge is 0.322 e. The van der Waals surface area contributed by atoms with Gasteiger partial charge in [0.25, 0.3) is 0 Å². The minimum atomic E-state index is 0.00459. The molecule has 0 aliphatic carbocycles. The molecule has 1 aromatic heterocycles. The van der Waals surface area contributed by atoms with Gasteiger partial charge in [-0.25, -0.2) is 4.68 Å². The predicted octanol–water partition coefficient (Wildman–Crippen LogP) is 5.29. The lowest BCUT2D eigenvalue weighted by molar-refractivity contribution is -0.113. The minimum Gasteiger partial charge on any atom is -0.322 e. The van der Waals surface area contributed by atoms with Crippen molar-refractivity contribution in [1.29, 1.82) is 0 Å². The van der Waals surface area contributed by atoms with Gasteiger partial charge in [0, 0.05) is 5.75 Å². The molecular formula is C23H27N3OS. The Labute approximate surface area is 171 Å². The first-order valence-corrected chi connectivity index (χ1v) is 10.6. The third-order valence-electron chi connectivity index (χ3n) is 4.83. The van der Waals surface area contributed by atoms with Crippen LogP contribution in [0.25, 0.3) is 5.69 Å². The number of aryl methyl sites for hydroxylation is 4. The molecule has 0 bridgehead atoms. The van der Waals surface area contributed by atoms with Gasteiger partial charge >= 0.3 is 0 Å². The summed E-state index contributed by atoms with van der Waals surface area (Å²) < 4.78 is 1.88. The average molecular weight is 394 g/mol. The van der Waals surface area contributed by atoms with Crippen molar-refractivity contribution in [2.45, 2.75) is 40.4 Å². The van der Waals surface area contributed by atoms with Gasteiger partial charge in [-0.3, -0.25) is 4.79 Å². The molecular weight excluding hydrogens is 366 g/mol. The van der Waals surface area contributed by atoms with Gasteiger partial charge in [-0.05, 0) is 57.9 Å². The highest BCUT2D eigenvalue weighted by atomic mass is 32.2. The van der Waals surface area contributed by atoms with E-state index in [9.17, 15) is 4.79 Å². The normalized spacial score (nSPS) is 10.9. The van der Waals surface area contributed by atoms with E-state index in [0.717, 1.165) is 28.5 Å². The summed E-state index contributed by atoms with van der Waals surface area (Å²) in [4.78, 5) is 12.5. The van der Waals surface area contributed by atoms with Crippen molar-refractivity contribution in [1.82, 2.24) is 9.78 Å². The van der Waals surface area contributed by atoms with Gasteiger partial charge in [0.2, 0.25) is 5.91 Å². The zero-order valence-electron chi connectivity index (χ0n) is 17.2. The van der Waals surface area contributed by atoms with Crippen LogP contribution in [0.15, 0.2) is 42.5 Å². The van der Waals surface area contributed by atoms with Gasteiger partial charge in [0.1, 0.15) is 0 Å². The number of carbonyl (C=O) groups excluding carboxylic acids is 1. The molecule has 0 radical (unpaired) electrons. The highest BCUT2D eigenvalue weighted by Gasteiger charge is 2.15. The number of benzene rings is 2. The summed E-state index contributed by atoms with van der Waals surface area (Å²) in [5.74, 6) is 1.26. The number of nitrogens with zero attached hydrogens (tertiary/aromatic N) is 2. The summed E-state index contributed by atoms with van der Waals surface area (Å²) in [6, 6.07) is 14.7. The molecule has 0 fully saturated rings. The predicted molar refractivity (Wildman–Crippen MR) is 118 cm³/mol. The molecule has 1 N–H and O–H groups in total. The number of anilines is 1. The van der Waals surface area contributed by atoms with Crippen LogP contribution in [0.1, 0.15) is 33.6 Å². The minimum absolute atomic E-state index is 0.00459. The van der Waals surface area contributed by atoms with Crippen LogP contribution in [-0.2, 0) is 10.5 Å². The quantitative estimate of drug-likeness (QED) is 0.619. The number of thioether (sulfide) groups is 1. The average Bonchev–Trinajstić information content (AvgIpc) is 2.93. The molecule has 28 heavy (non-hydrogen) atoms. The van der Waals surface area contributed by atoms with Crippen LogP contribution in [0.4, 0.5) is 5.69 Å². The Morgan fingerprint density at radius 3 is 2.39 bits per heavy atom. The Morgan fingerprint density at radius 1 is 1.00 bits per heavy atom. The van der Waals surface area contributed by atoms with Gasteiger partial charge in [-0.15, -0.1) is 11.8 Å². The molecule has 0 spiro atoms.